The smallest absolute Gasteiger partial charge is 0.141 e. The molecule has 2 aromatic rings. The number of allylic oxidation sites excluding steroid dienone is 1. The molecular formula is C16H17BrClFN6. The highest BCUT2D eigenvalue weighted by Crippen LogP contribution is 2.20. The van der Waals surface area contributed by atoms with Gasteiger partial charge in [0.05, 0.1) is 15.7 Å². The Bertz CT molecular complexity index is 830. The van der Waals surface area contributed by atoms with Crippen LogP contribution in [0.3, 0.4) is 0 Å². The van der Waals surface area contributed by atoms with E-state index in [1.165, 1.54) is 24.4 Å². The summed E-state index contributed by atoms with van der Waals surface area (Å²) in [5, 5.41) is 10.1. The maximum absolute atomic E-state index is 13.1. The fourth-order valence-electron chi connectivity index (χ4n) is 1.82. The summed E-state index contributed by atoms with van der Waals surface area (Å²) in [6, 6.07) is 4.25. The number of nitrogens with one attached hydrogen (secondary N) is 2. The van der Waals surface area contributed by atoms with Crippen LogP contribution in [0.1, 0.15) is 5.56 Å². The van der Waals surface area contributed by atoms with Gasteiger partial charge in [0.1, 0.15) is 17.5 Å². The van der Waals surface area contributed by atoms with E-state index in [1.807, 2.05) is 13.2 Å². The third-order valence-corrected chi connectivity index (χ3v) is 3.96. The fraction of sp³-hybridized carbons (Fsp3) is 0.125. The monoisotopic (exact) mass is 426 g/mol. The lowest BCUT2D eigenvalue weighted by molar-refractivity contribution is 0.628. The largest absolute Gasteiger partial charge is 0.385 e. The summed E-state index contributed by atoms with van der Waals surface area (Å²) in [5.74, 6) is 0.282. The first-order valence-corrected chi connectivity index (χ1v) is 8.34. The van der Waals surface area contributed by atoms with Crippen molar-refractivity contribution < 1.29 is 4.39 Å². The summed E-state index contributed by atoms with van der Waals surface area (Å²) < 4.78 is 15.4. The lowest BCUT2D eigenvalue weighted by atomic mass is 10.3. The molecule has 0 spiro atoms. The molecule has 0 atom stereocenters. The minimum absolute atomic E-state index is 0.0201. The van der Waals surface area contributed by atoms with E-state index in [1.54, 1.807) is 10.9 Å². The van der Waals surface area contributed by atoms with E-state index >= 15 is 0 Å². The second-order valence-electron chi connectivity index (χ2n) is 5.10. The summed E-state index contributed by atoms with van der Waals surface area (Å²) in [5.41, 5.74) is 7.52. The molecule has 1 aromatic carbocycles. The molecule has 0 bridgehead atoms. The van der Waals surface area contributed by atoms with Crippen LogP contribution in [0, 0.1) is 5.82 Å². The zero-order valence-electron chi connectivity index (χ0n) is 13.4. The molecule has 2 rings (SSSR count). The molecule has 9 heteroatoms. The number of nitrogens with two attached hydrogens (primary N) is 1. The molecule has 0 radical (unpaired) electrons. The first kappa shape index (κ1) is 19.0. The van der Waals surface area contributed by atoms with Gasteiger partial charge in [0.2, 0.25) is 0 Å². The van der Waals surface area contributed by atoms with E-state index in [2.05, 4.69) is 43.2 Å². The Balaban J connectivity index is 1.91. The van der Waals surface area contributed by atoms with Gasteiger partial charge in [-0.25, -0.2) is 9.38 Å². The molecule has 0 saturated heterocycles. The molecule has 25 heavy (non-hydrogen) atoms. The molecule has 0 saturated carbocycles. The van der Waals surface area contributed by atoms with Crippen LogP contribution in [-0.4, -0.2) is 16.0 Å². The third kappa shape index (κ3) is 5.91. The van der Waals surface area contributed by atoms with Crippen LogP contribution in [0.15, 0.2) is 58.3 Å². The van der Waals surface area contributed by atoms with Gasteiger partial charge in [0.25, 0.3) is 0 Å². The zero-order valence-corrected chi connectivity index (χ0v) is 15.8. The van der Waals surface area contributed by atoms with Crippen molar-refractivity contribution in [3.63, 3.8) is 0 Å². The van der Waals surface area contributed by atoms with Crippen molar-refractivity contribution in [2.45, 2.75) is 6.54 Å². The van der Waals surface area contributed by atoms with Crippen molar-refractivity contribution in [1.82, 2.24) is 15.1 Å². The summed E-state index contributed by atoms with van der Waals surface area (Å²) >= 11 is 9.06. The Labute approximate surface area is 158 Å². The number of rotatable bonds is 7. The van der Waals surface area contributed by atoms with Gasteiger partial charge in [0.15, 0.2) is 0 Å². The molecule has 4 N–H and O–H groups in total. The highest BCUT2D eigenvalue weighted by Gasteiger charge is 2.02. The first-order valence-electron chi connectivity index (χ1n) is 7.17. The number of hydrogen-bond donors (Lipinski definition) is 3. The van der Waals surface area contributed by atoms with E-state index in [0.29, 0.717) is 28.4 Å². The van der Waals surface area contributed by atoms with Crippen molar-refractivity contribution in [1.29, 1.82) is 0 Å². The second-order valence-corrected chi connectivity index (χ2v) is 6.36. The molecular weight excluding hydrogens is 411 g/mol. The molecule has 1 aromatic heterocycles. The van der Waals surface area contributed by atoms with Gasteiger partial charge < -0.3 is 16.4 Å². The normalized spacial score (nSPS) is 12.2. The number of anilines is 1. The minimum atomic E-state index is -0.487. The van der Waals surface area contributed by atoms with Crippen LogP contribution in [0.4, 0.5) is 10.1 Å². The van der Waals surface area contributed by atoms with Gasteiger partial charge in [-0.1, -0.05) is 18.2 Å². The number of aromatic nitrogens is 2. The molecule has 0 amide bonds. The summed E-state index contributed by atoms with van der Waals surface area (Å²) in [7, 11) is 1.85. The van der Waals surface area contributed by atoms with Gasteiger partial charge in [0, 0.05) is 37.3 Å². The first-order chi connectivity index (χ1) is 11.8. The molecule has 0 aliphatic rings. The average molecular weight is 428 g/mol. The Morgan fingerprint density at radius 3 is 2.96 bits per heavy atom. The number of benzene rings is 1. The molecule has 0 aliphatic heterocycles. The van der Waals surface area contributed by atoms with Crippen LogP contribution in [0.25, 0.3) is 0 Å². The van der Waals surface area contributed by atoms with Crippen LogP contribution >= 0.6 is 27.5 Å². The SMILES string of the molecule is C=C(/N=C\C(Br)=C(/N)NCc1cnn(C)c1)Nc1ccc(F)c(Cl)c1. The zero-order chi connectivity index (χ0) is 18.4. The number of nitrogens with zero attached hydrogens (tertiary/aromatic N) is 3. The Kier molecular flexibility index (Phi) is 6.60. The molecule has 0 fully saturated rings. The van der Waals surface area contributed by atoms with E-state index < -0.39 is 5.82 Å². The maximum atomic E-state index is 13.1. The summed E-state index contributed by atoms with van der Waals surface area (Å²) in [6.07, 6.45) is 5.15. The van der Waals surface area contributed by atoms with E-state index in [0.717, 1.165) is 5.56 Å². The number of halogens is 3. The van der Waals surface area contributed by atoms with E-state index in [4.69, 9.17) is 17.3 Å². The number of aryl methyl sites for hydroxylation is 1. The molecule has 0 aliphatic carbocycles. The number of aliphatic imine (C=N–C) groups is 1. The van der Waals surface area contributed by atoms with Crippen molar-refractivity contribution in [2.75, 3.05) is 5.32 Å². The standard InChI is InChI=1S/C16H17BrClFN6/c1-10(24-12-3-4-15(19)14(18)5-12)21-8-13(17)16(20)22-6-11-7-23-25(2)9-11/h3-5,7-9,22,24H,1,6,20H2,2H3/b16-13-,21-8-. The lowest BCUT2D eigenvalue weighted by Gasteiger charge is -2.07. The predicted octanol–water partition coefficient (Wildman–Crippen LogP) is 3.48. The molecule has 132 valence electrons. The van der Waals surface area contributed by atoms with Gasteiger partial charge in [-0.05, 0) is 34.1 Å². The average Bonchev–Trinajstić information content (AvgIpc) is 2.99. The molecule has 1 heterocycles. The Morgan fingerprint density at radius 1 is 1.56 bits per heavy atom. The topological polar surface area (TPSA) is 80.3 Å². The van der Waals surface area contributed by atoms with E-state index in [-0.39, 0.29) is 5.02 Å². The fourth-order valence-corrected chi connectivity index (χ4v) is 2.24. The lowest BCUT2D eigenvalue weighted by Crippen LogP contribution is -2.20. The van der Waals surface area contributed by atoms with Crippen molar-refractivity contribution in [3.05, 3.63) is 69.7 Å². The van der Waals surface area contributed by atoms with Gasteiger partial charge in [-0.15, -0.1) is 0 Å². The van der Waals surface area contributed by atoms with Crippen LogP contribution < -0.4 is 16.4 Å². The van der Waals surface area contributed by atoms with Crippen LogP contribution in [0.5, 0.6) is 0 Å². The van der Waals surface area contributed by atoms with Crippen LogP contribution in [0.2, 0.25) is 5.02 Å². The van der Waals surface area contributed by atoms with Gasteiger partial charge >= 0.3 is 0 Å². The van der Waals surface area contributed by atoms with Crippen molar-refractivity contribution in [2.24, 2.45) is 17.8 Å². The third-order valence-electron chi connectivity index (χ3n) is 3.04. The van der Waals surface area contributed by atoms with E-state index in [9.17, 15) is 4.39 Å². The Hall–Kier alpha value is -2.32. The maximum Gasteiger partial charge on any atom is 0.141 e. The van der Waals surface area contributed by atoms with Gasteiger partial charge in [-0.2, -0.15) is 5.10 Å². The second kappa shape index (κ2) is 8.68. The number of hydrogen-bond acceptors (Lipinski definition) is 5. The highest BCUT2D eigenvalue weighted by molar-refractivity contribution is 9.12. The predicted molar refractivity (Wildman–Crippen MR) is 103 cm³/mol. The van der Waals surface area contributed by atoms with Crippen molar-refractivity contribution >= 4 is 39.4 Å². The molecule has 0 unspecified atom stereocenters. The summed E-state index contributed by atoms with van der Waals surface area (Å²) in [6.45, 7) is 4.31. The summed E-state index contributed by atoms with van der Waals surface area (Å²) in [4.78, 5) is 4.14. The van der Waals surface area contributed by atoms with Gasteiger partial charge in [-0.3, -0.25) is 4.68 Å². The minimum Gasteiger partial charge on any atom is -0.385 e. The van der Waals surface area contributed by atoms with Crippen LogP contribution in [-0.2, 0) is 13.6 Å². The highest BCUT2D eigenvalue weighted by atomic mass is 79.9. The molecule has 6 nitrogen and oxygen atoms in total. The Morgan fingerprint density at radius 2 is 2.32 bits per heavy atom. The quantitative estimate of drug-likeness (QED) is 0.591. The van der Waals surface area contributed by atoms with Crippen molar-refractivity contribution in [3.8, 4) is 0 Å².